The predicted octanol–water partition coefficient (Wildman–Crippen LogP) is 0.802. The second-order valence-electron chi connectivity index (χ2n) is 4.14. The van der Waals surface area contributed by atoms with Gasteiger partial charge in [0.1, 0.15) is 6.16 Å². The van der Waals surface area contributed by atoms with Crippen LogP contribution in [0.25, 0.3) is 0 Å². The van der Waals surface area contributed by atoms with Gasteiger partial charge in [-0.05, 0) is 6.92 Å². The highest BCUT2D eigenvalue weighted by molar-refractivity contribution is 7.51. The maximum absolute atomic E-state index is 11.6. The minimum absolute atomic E-state index is 0.441. The lowest BCUT2D eigenvalue weighted by Crippen LogP contribution is -2.40. The van der Waals surface area contributed by atoms with Gasteiger partial charge in [0.15, 0.2) is 6.54 Å². The molecule has 0 amide bonds. The number of hydrogen-bond donors (Lipinski definition) is 0. The molecule has 0 saturated carbocycles. The number of rotatable bonds is 6. The van der Waals surface area contributed by atoms with Gasteiger partial charge in [-0.25, -0.2) is 0 Å². The van der Waals surface area contributed by atoms with E-state index in [1.54, 1.807) is 6.08 Å². The van der Waals surface area contributed by atoms with Crippen molar-refractivity contribution in [1.82, 2.24) is 0 Å². The first-order valence-electron chi connectivity index (χ1n) is 4.75. The summed E-state index contributed by atoms with van der Waals surface area (Å²) in [6.45, 7) is 6.62. The van der Waals surface area contributed by atoms with Crippen LogP contribution in [0.2, 0.25) is 0 Å². The molecule has 0 radical (unpaired) electrons. The van der Waals surface area contributed by atoms with Gasteiger partial charge in [0.25, 0.3) is 5.48 Å². The van der Waals surface area contributed by atoms with E-state index >= 15 is 0 Å². The highest BCUT2D eigenvalue weighted by Crippen LogP contribution is 2.15. The number of quaternary nitrogens is 1. The molecule has 0 saturated heterocycles. The number of nitrogens with zero attached hydrogens (tertiary/aromatic N) is 1. The van der Waals surface area contributed by atoms with Crippen molar-refractivity contribution in [3.63, 3.8) is 0 Å². The summed E-state index contributed by atoms with van der Waals surface area (Å²) in [4.78, 5) is 11.6. The van der Waals surface area contributed by atoms with Crippen molar-refractivity contribution in [2.24, 2.45) is 0 Å². The maximum Gasteiger partial charge on any atom is 0.276 e. The molecule has 0 aliphatic rings. The van der Waals surface area contributed by atoms with Crippen molar-refractivity contribution in [2.45, 2.75) is 6.92 Å². The van der Waals surface area contributed by atoms with Crippen LogP contribution in [0.4, 0.5) is 0 Å². The lowest BCUT2D eigenvalue weighted by atomic mass is 10.5. The standard InChI is InChI=1S/C10H21NO2P/c1-6-8-13-10(14(12)7-2)9-11(3,4)5/h6H,1,7-9H2,2-5H3/q+1. The average Bonchev–Trinajstić information content (AvgIpc) is 2.09. The lowest BCUT2D eigenvalue weighted by Gasteiger charge is -2.23. The van der Waals surface area contributed by atoms with Crippen LogP contribution in [0, 0.1) is 0 Å². The second kappa shape index (κ2) is 6.31. The van der Waals surface area contributed by atoms with Gasteiger partial charge in [-0.2, -0.15) is 0 Å². The summed E-state index contributed by atoms with van der Waals surface area (Å²) in [5.41, 5.74) is 0.704. The zero-order valence-electron chi connectivity index (χ0n) is 9.62. The SMILES string of the molecule is C=CCO/C(C[N+](C)(C)C)=[P+](\[O-])CC. The third kappa shape index (κ3) is 6.28. The molecule has 0 fully saturated rings. The first-order valence-corrected chi connectivity index (χ1v) is 6.20. The average molecular weight is 218 g/mol. The van der Waals surface area contributed by atoms with Crippen LogP contribution in [0.1, 0.15) is 6.92 Å². The molecule has 0 aliphatic carbocycles. The van der Waals surface area contributed by atoms with E-state index in [0.717, 1.165) is 4.48 Å². The van der Waals surface area contributed by atoms with Crippen molar-refractivity contribution in [3.8, 4) is 0 Å². The van der Waals surface area contributed by atoms with Gasteiger partial charge in [0.05, 0.1) is 35.5 Å². The Bertz CT molecular complexity index is 219. The van der Waals surface area contributed by atoms with Gasteiger partial charge >= 0.3 is 0 Å². The number of hydrogen-bond acceptors (Lipinski definition) is 2. The normalized spacial score (nSPS) is 13.8. The summed E-state index contributed by atoms with van der Waals surface area (Å²) in [6, 6.07) is 0. The summed E-state index contributed by atoms with van der Waals surface area (Å²) < 4.78 is 6.15. The molecule has 0 aromatic rings. The van der Waals surface area contributed by atoms with Gasteiger partial charge in [-0.3, -0.25) is 0 Å². The maximum atomic E-state index is 11.6. The van der Waals surface area contributed by atoms with Crippen molar-refractivity contribution < 1.29 is 14.1 Å². The Kier molecular flexibility index (Phi) is 6.21. The number of ether oxygens (including phenoxy) is 1. The van der Waals surface area contributed by atoms with Crippen LogP contribution in [0.3, 0.4) is 0 Å². The monoisotopic (exact) mass is 218 g/mol. The molecule has 4 heteroatoms. The van der Waals surface area contributed by atoms with E-state index in [1.165, 1.54) is 0 Å². The van der Waals surface area contributed by atoms with E-state index in [2.05, 4.69) is 27.7 Å². The third-order valence-electron chi connectivity index (χ3n) is 1.54. The van der Waals surface area contributed by atoms with Gasteiger partial charge in [0, 0.05) is 0 Å². The Hall–Kier alpha value is -0.210. The van der Waals surface area contributed by atoms with Crippen molar-refractivity contribution in [3.05, 3.63) is 12.7 Å². The number of likely N-dealkylation sites (N-methyl/N-ethyl adjacent to an activating group) is 1. The van der Waals surface area contributed by atoms with Gasteiger partial charge in [-0.1, -0.05) is 6.08 Å². The summed E-state index contributed by atoms with van der Waals surface area (Å²) in [5, 5.41) is 0. The van der Waals surface area contributed by atoms with Crippen molar-refractivity contribution >= 4 is 13.3 Å². The zero-order chi connectivity index (χ0) is 11.2. The topological polar surface area (TPSA) is 32.3 Å². The Labute approximate surface area is 88.1 Å². The minimum Gasteiger partial charge on any atom is -0.629 e. The largest absolute Gasteiger partial charge is 0.629 e. The molecule has 0 aromatic heterocycles. The van der Waals surface area contributed by atoms with Crippen molar-refractivity contribution in [1.29, 1.82) is 0 Å². The predicted molar refractivity (Wildman–Crippen MR) is 61.5 cm³/mol. The highest BCUT2D eigenvalue weighted by Gasteiger charge is 2.19. The quantitative estimate of drug-likeness (QED) is 0.375. The molecule has 0 aromatic carbocycles. The molecule has 0 rings (SSSR count). The molecular weight excluding hydrogens is 197 g/mol. The minimum atomic E-state index is -1.34. The highest BCUT2D eigenvalue weighted by atomic mass is 31.1. The van der Waals surface area contributed by atoms with Crippen LogP contribution in [-0.2, 0) is 4.74 Å². The molecule has 1 atom stereocenters. The van der Waals surface area contributed by atoms with E-state index < -0.39 is 7.77 Å². The molecule has 82 valence electrons. The lowest BCUT2D eigenvalue weighted by molar-refractivity contribution is -0.861. The zero-order valence-corrected chi connectivity index (χ0v) is 10.5. The van der Waals surface area contributed by atoms with Crippen molar-refractivity contribution in [2.75, 3.05) is 40.5 Å². The van der Waals surface area contributed by atoms with E-state index in [0.29, 0.717) is 24.8 Å². The summed E-state index contributed by atoms with van der Waals surface area (Å²) in [5.74, 6) is 0. The Morgan fingerprint density at radius 1 is 1.50 bits per heavy atom. The van der Waals surface area contributed by atoms with Gasteiger partial charge in [0.2, 0.25) is 0 Å². The third-order valence-corrected chi connectivity index (χ3v) is 2.94. The fraction of sp³-hybridized carbons (Fsp3) is 0.700. The molecule has 0 bridgehead atoms. The molecule has 0 spiro atoms. The summed E-state index contributed by atoms with van der Waals surface area (Å²) in [7, 11) is 4.82. The van der Waals surface area contributed by atoms with Crippen LogP contribution >= 0.6 is 7.77 Å². The van der Waals surface area contributed by atoms with Gasteiger partial charge in [-0.15, -0.1) is 6.58 Å². The Balaban J connectivity index is 4.48. The van der Waals surface area contributed by atoms with Crippen LogP contribution in [0.5, 0.6) is 0 Å². The molecule has 0 aliphatic heterocycles. The molecule has 3 nitrogen and oxygen atoms in total. The second-order valence-corrected chi connectivity index (χ2v) is 6.02. The van der Waals surface area contributed by atoms with Crippen LogP contribution in [-0.4, -0.2) is 50.4 Å². The molecule has 1 unspecified atom stereocenters. The van der Waals surface area contributed by atoms with E-state index in [9.17, 15) is 4.89 Å². The molecule has 0 heterocycles. The van der Waals surface area contributed by atoms with Crippen LogP contribution in [0.15, 0.2) is 12.7 Å². The van der Waals surface area contributed by atoms with Crippen LogP contribution < -0.4 is 4.89 Å². The smallest absolute Gasteiger partial charge is 0.276 e. The first-order chi connectivity index (χ1) is 6.40. The Morgan fingerprint density at radius 3 is 2.43 bits per heavy atom. The van der Waals surface area contributed by atoms with E-state index in [-0.39, 0.29) is 0 Å². The first kappa shape index (κ1) is 13.8. The Morgan fingerprint density at radius 2 is 2.07 bits per heavy atom. The van der Waals surface area contributed by atoms with Gasteiger partial charge < -0.3 is 14.1 Å². The molecule has 0 N–H and O–H groups in total. The molecular formula is C10H21NO2P+. The fourth-order valence-corrected chi connectivity index (χ4v) is 2.09. The summed E-state index contributed by atoms with van der Waals surface area (Å²) >= 11 is 0. The fourth-order valence-electron chi connectivity index (χ4n) is 0.934. The van der Waals surface area contributed by atoms with E-state index in [4.69, 9.17) is 4.74 Å². The molecule has 14 heavy (non-hydrogen) atoms. The van der Waals surface area contributed by atoms with E-state index in [1.807, 2.05) is 6.92 Å². The summed E-state index contributed by atoms with van der Waals surface area (Å²) in [6.07, 6.45) is 2.32.